The number of nitrogen functional groups attached to an aromatic ring is 1. The van der Waals surface area contributed by atoms with E-state index in [1.807, 2.05) is 13.0 Å². The molecule has 1 unspecified atom stereocenters. The zero-order valence-corrected chi connectivity index (χ0v) is 23.6. The van der Waals surface area contributed by atoms with Crippen LogP contribution in [0, 0.1) is 5.82 Å². The first kappa shape index (κ1) is 27.3. The largest absolute Gasteiger partial charge is 0.368 e. The fourth-order valence-corrected chi connectivity index (χ4v) is 6.29. The summed E-state index contributed by atoms with van der Waals surface area (Å²) >= 11 is 0. The van der Waals surface area contributed by atoms with Crippen LogP contribution >= 0.6 is 0 Å². The Kier molecular flexibility index (Phi) is 6.81. The van der Waals surface area contributed by atoms with Gasteiger partial charge in [0.05, 0.1) is 35.4 Å². The zero-order valence-electron chi connectivity index (χ0n) is 22.8. The Morgan fingerprint density at radius 3 is 2.57 bits per heavy atom. The van der Waals surface area contributed by atoms with E-state index in [9.17, 15) is 17.6 Å². The number of rotatable bonds is 7. The fourth-order valence-electron chi connectivity index (χ4n) is 5.35. The van der Waals surface area contributed by atoms with Crippen LogP contribution in [0.3, 0.4) is 0 Å². The quantitative estimate of drug-likeness (QED) is 0.290. The topological polar surface area (TPSA) is 149 Å². The average Bonchev–Trinajstić information content (AvgIpc) is 3.42. The van der Waals surface area contributed by atoms with Gasteiger partial charge in [-0.05, 0) is 42.7 Å². The lowest BCUT2D eigenvalue weighted by Gasteiger charge is -2.23. The van der Waals surface area contributed by atoms with E-state index >= 15 is 0 Å². The predicted molar refractivity (Wildman–Crippen MR) is 160 cm³/mol. The summed E-state index contributed by atoms with van der Waals surface area (Å²) < 4.78 is 42.3. The van der Waals surface area contributed by atoms with Crippen molar-refractivity contribution in [3.05, 3.63) is 94.7 Å². The van der Waals surface area contributed by atoms with Crippen LogP contribution in [0.2, 0.25) is 0 Å². The van der Waals surface area contributed by atoms with E-state index in [4.69, 9.17) is 10.7 Å². The van der Waals surface area contributed by atoms with Gasteiger partial charge in [-0.15, -0.1) is 0 Å². The van der Waals surface area contributed by atoms with Crippen molar-refractivity contribution in [3.63, 3.8) is 0 Å². The predicted octanol–water partition coefficient (Wildman–Crippen LogP) is 3.84. The standard InChI is InChI=1S/C29H27FN8O3S/c1-3-22(27-35-23-11-7-10-21(30)25(23)28(39)38(27)17-8-5-4-6-9-17)34-26-20(15-33-29(31)36-26)19-14-32-16-24-18(19)12-13-37(24)42(2,40)41/h4-11,14-16,22H,3,12-13H2,1-2H3,(H3,31,33,34,36). The number of hydrogen-bond acceptors (Lipinski definition) is 9. The number of halogens is 1. The van der Waals surface area contributed by atoms with Gasteiger partial charge >= 0.3 is 0 Å². The van der Waals surface area contributed by atoms with Gasteiger partial charge in [0.15, 0.2) is 0 Å². The molecule has 13 heteroatoms. The summed E-state index contributed by atoms with van der Waals surface area (Å²) in [6.45, 7) is 2.22. The third-order valence-corrected chi connectivity index (χ3v) is 8.46. The molecule has 0 radical (unpaired) electrons. The number of hydrogen-bond donors (Lipinski definition) is 2. The van der Waals surface area contributed by atoms with Gasteiger partial charge in [-0.3, -0.25) is 18.7 Å². The third kappa shape index (κ3) is 4.71. The number of nitrogens with zero attached hydrogens (tertiary/aromatic N) is 6. The van der Waals surface area contributed by atoms with Crippen molar-refractivity contribution in [3.8, 4) is 16.8 Å². The van der Waals surface area contributed by atoms with Crippen LogP contribution in [0.4, 0.5) is 21.8 Å². The zero-order chi connectivity index (χ0) is 29.6. The third-order valence-electron chi connectivity index (χ3n) is 7.28. The van der Waals surface area contributed by atoms with Crippen LogP contribution in [-0.2, 0) is 16.4 Å². The van der Waals surface area contributed by atoms with Gasteiger partial charge < -0.3 is 11.1 Å². The monoisotopic (exact) mass is 586 g/mol. The minimum absolute atomic E-state index is 0.0170. The van der Waals surface area contributed by atoms with Gasteiger partial charge in [0.2, 0.25) is 16.0 Å². The Morgan fingerprint density at radius 2 is 1.83 bits per heavy atom. The molecular formula is C29H27FN8O3S. The highest BCUT2D eigenvalue weighted by Gasteiger charge is 2.30. The number of sulfonamides is 1. The summed E-state index contributed by atoms with van der Waals surface area (Å²) in [6, 6.07) is 12.7. The second-order valence-corrected chi connectivity index (χ2v) is 11.9. The van der Waals surface area contributed by atoms with E-state index in [1.54, 1.807) is 42.7 Å². The molecule has 6 rings (SSSR count). The smallest absolute Gasteiger partial charge is 0.269 e. The number of para-hydroxylation sites is 1. The maximum absolute atomic E-state index is 14.9. The second-order valence-electron chi connectivity index (χ2n) is 9.95. The van der Waals surface area contributed by atoms with Crippen molar-refractivity contribution in [1.82, 2.24) is 24.5 Å². The molecule has 1 atom stereocenters. The van der Waals surface area contributed by atoms with Crippen molar-refractivity contribution < 1.29 is 12.8 Å². The number of fused-ring (bicyclic) bond motifs is 2. The lowest BCUT2D eigenvalue weighted by molar-refractivity contribution is 0.598. The van der Waals surface area contributed by atoms with E-state index in [0.29, 0.717) is 53.5 Å². The second kappa shape index (κ2) is 10.5. The molecule has 3 aromatic heterocycles. The molecule has 214 valence electrons. The molecule has 0 aliphatic carbocycles. The van der Waals surface area contributed by atoms with E-state index < -0.39 is 27.4 Å². The Balaban J connectivity index is 1.51. The van der Waals surface area contributed by atoms with Crippen LogP contribution in [-0.4, -0.2) is 45.7 Å². The average molecular weight is 587 g/mol. The molecule has 1 aliphatic heterocycles. The molecule has 42 heavy (non-hydrogen) atoms. The highest BCUT2D eigenvalue weighted by atomic mass is 32.2. The van der Waals surface area contributed by atoms with E-state index in [1.165, 1.54) is 27.2 Å². The van der Waals surface area contributed by atoms with Gasteiger partial charge in [-0.25, -0.2) is 22.8 Å². The molecule has 1 aliphatic rings. The highest BCUT2D eigenvalue weighted by Crippen LogP contribution is 2.39. The Hall–Kier alpha value is -4.91. The Bertz CT molecular complexity index is 2000. The molecule has 0 saturated heterocycles. The van der Waals surface area contributed by atoms with Crippen molar-refractivity contribution >= 4 is 38.4 Å². The number of benzene rings is 2. The van der Waals surface area contributed by atoms with Gasteiger partial charge in [-0.2, -0.15) is 4.98 Å². The lowest BCUT2D eigenvalue weighted by Crippen LogP contribution is -2.29. The normalized spacial score (nSPS) is 13.7. The van der Waals surface area contributed by atoms with Crippen LogP contribution in [0.25, 0.3) is 27.7 Å². The SMILES string of the molecule is CCC(Nc1nc(N)ncc1-c1cncc2c1CCN2S(C)(=O)=O)c1nc2cccc(F)c2c(=O)n1-c1ccccc1. The molecule has 0 bridgehead atoms. The van der Waals surface area contributed by atoms with E-state index in [0.717, 1.165) is 11.8 Å². The highest BCUT2D eigenvalue weighted by molar-refractivity contribution is 7.92. The van der Waals surface area contributed by atoms with E-state index in [-0.39, 0.29) is 16.9 Å². The molecule has 5 aromatic rings. The van der Waals surface area contributed by atoms with E-state index in [2.05, 4.69) is 20.3 Å². The van der Waals surface area contributed by atoms with Crippen LogP contribution in [0.1, 0.15) is 30.8 Å². The minimum Gasteiger partial charge on any atom is -0.368 e. The van der Waals surface area contributed by atoms with Crippen molar-refractivity contribution in [2.45, 2.75) is 25.8 Å². The summed E-state index contributed by atoms with van der Waals surface area (Å²) in [6.07, 6.45) is 6.84. The number of aromatic nitrogens is 5. The maximum atomic E-state index is 14.9. The molecule has 4 heterocycles. The van der Waals surface area contributed by atoms with Gasteiger partial charge in [0.1, 0.15) is 22.8 Å². The molecule has 0 amide bonds. The number of pyridine rings is 1. The lowest BCUT2D eigenvalue weighted by atomic mass is 10.0. The van der Waals surface area contributed by atoms with Gasteiger partial charge in [-0.1, -0.05) is 31.2 Å². The summed E-state index contributed by atoms with van der Waals surface area (Å²) in [5.74, 6) is 0.0789. The summed E-state index contributed by atoms with van der Waals surface area (Å²) in [5, 5.41) is 3.29. The first-order valence-electron chi connectivity index (χ1n) is 13.3. The van der Waals surface area contributed by atoms with Crippen LogP contribution < -0.4 is 20.9 Å². The fraction of sp³-hybridized carbons (Fsp3) is 0.207. The Labute approximate surface area is 241 Å². The molecule has 0 spiro atoms. The van der Waals surface area contributed by atoms with Crippen LogP contribution in [0.5, 0.6) is 0 Å². The van der Waals surface area contributed by atoms with Gasteiger partial charge in [0, 0.05) is 30.1 Å². The van der Waals surface area contributed by atoms with Crippen molar-refractivity contribution in [2.75, 3.05) is 28.2 Å². The maximum Gasteiger partial charge on any atom is 0.269 e. The molecule has 0 saturated carbocycles. The summed E-state index contributed by atoms with van der Waals surface area (Å²) in [4.78, 5) is 31.5. The number of nitrogens with two attached hydrogens (primary N) is 1. The first-order valence-corrected chi connectivity index (χ1v) is 15.1. The number of anilines is 3. The van der Waals surface area contributed by atoms with Crippen LogP contribution in [0.15, 0.2) is 71.9 Å². The Morgan fingerprint density at radius 1 is 1.05 bits per heavy atom. The van der Waals surface area contributed by atoms with Crippen molar-refractivity contribution in [1.29, 1.82) is 0 Å². The summed E-state index contributed by atoms with van der Waals surface area (Å²) in [5.41, 5.74) is 8.75. The minimum atomic E-state index is -3.49. The molecule has 3 N–H and O–H groups in total. The van der Waals surface area contributed by atoms with Crippen molar-refractivity contribution in [2.24, 2.45) is 0 Å². The molecule has 2 aromatic carbocycles. The molecule has 11 nitrogen and oxygen atoms in total. The first-order chi connectivity index (χ1) is 20.2. The molecule has 0 fully saturated rings. The molecular weight excluding hydrogens is 559 g/mol. The van der Waals surface area contributed by atoms with Gasteiger partial charge in [0.25, 0.3) is 5.56 Å². The number of nitrogens with one attached hydrogen (secondary N) is 1. The summed E-state index contributed by atoms with van der Waals surface area (Å²) in [7, 11) is -3.49.